The highest BCUT2D eigenvalue weighted by Crippen LogP contribution is 2.30. The molecular weight excluding hydrogens is 216 g/mol. The molecule has 5 nitrogen and oxygen atoms in total. The lowest BCUT2D eigenvalue weighted by Gasteiger charge is -2.31. The van der Waals surface area contributed by atoms with Crippen molar-refractivity contribution in [3.8, 4) is 0 Å². The number of fused-ring (bicyclic) bond motifs is 1. The number of carbonyl (C=O) groups excluding carboxylic acids is 1. The lowest BCUT2D eigenvalue weighted by Crippen LogP contribution is -2.52. The first-order valence-corrected chi connectivity index (χ1v) is 6.00. The third kappa shape index (κ3) is 2.20. The number of primary amides is 1. The minimum Gasteiger partial charge on any atom is -0.368 e. The first kappa shape index (κ1) is 12.1. The Hall–Kier alpha value is -1.36. The minimum absolute atomic E-state index is 0.176. The van der Waals surface area contributed by atoms with E-state index in [0.717, 1.165) is 19.3 Å². The van der Waals surface area contributed by atoms with Crippen LogP contribution in [0, 0.1) is 0 Å². The molecule has 0 saturated heterocycles. The van der Waals surface area contributed by atoms with Crippen LogP contribution >= 0.6 is 0 Å². The number of nitrogens with one attached hydrogen (secondary N) is 1. The van der Waals surface area contributed by atoms with Gasteiger partial charge in [0, 0.05) is 24.3 Å². The van der Waals surface area contributed by atoms with Crippen LogP contribution in [-0.4, -0.2) is 21.2 Å². The van der Waals surface area contributed by atoms with Crippen molar-refractivity contribution in [2.24, 2.45) is 12.8 Å². The van der Waals surface area contributed by atoms with E-state index in [1.165, 1.54) is 11.3 Å². The van der Waals surface area contributed by atoms with Gasteiger partial charge in [-0.1, -0.05) is 0 Å². The smallest absolute Gasteiger partial charge is 0.237 e. The van der Waals surface area contributed by atoms with Gasteiger partial charge < -0.3 is 5.73 Å². The van der Waals surface area contributed by atoms with Gasteiger partial charge in [0.1, 0.15) is 0 Å². The summed E-state index contributed by atoms with van der Waals surface area (Å²) in [6.07, 6.45) is 5.08. The normalized spacial score (nSPS) is 20.1. The Bertz CT molecular complexity index is 436. The molecule has 3 N–H and O–H groups in total. The van der Waals surface area contributed by atoms with Crippen LogP contribution in [-0.2, 0) is 18.3 Å². The monoisotopic (exact) mass is 236 g/mol. The molecule has 0 spiro atoms. The van der Waals surface area contributed by atoms with Crippen molar-refractivity contribution in [1.29, 1.82) is 0 Å². The fourth-order valence-electron chi connectivity index (χ4n) is 2.36. The van der Waals surface area contributed by atoms with Crippen LogP contribution in [0.1, 0.15) is 44.0 Å². The van der Waals surface area contributed by atoms with Crippen LogP contribution in [0.5, 0.6) is 0 Å². The Balaban J connectivity index is 2.22. The van der Waals surface area contributed by atoms with Gasteiger partial charge in [-0.2, -0.15) is 5.10 Å². The zero-order valence-electron chi connectivity index (χ0n) is 10.7. The molecule has 1 aromatic rings. The number of amides is 1. The Morgan fingerprint density at radius 1 is 1.65 bits per heavy atom. The lowest BCUT2D eigenvalue weighted by molar-refractivity contribution is -0.123. The maximum atomic E-state index is 11.4. The van der Waals surface area contributed by atoms with E-state index in [1.54, 1.807) is 0 Å². The van der Waals surface area contributed by atoms with Gasteiger partial charge >= 0.3 is 0 Å². The van der Waals surface area contributed by atoms with Crippen LogP contribution in [0.25, 0.3) is 0 Å². The van der Waals surface area contributed by atoms with Gasteiger partial charge in [0.15, 0.2) is 0 Å². The topological polar surface area (TPSA) is 72.9 Å². The number of rotatable bonds is 3. The van der Waals surface area contributed by atoms with Crippen LogP contribution in [0.2, 0.25) is 0 Å². The Labute approximate surface area is 101 Å². The Morgan fingerprint density at radius 2 is 2.35 bits per heavy atom. The molecular formula is C12H20N4O. The molecule has 1 unspecified atom stereocenters. The first-order chi connectivity index (χ1) is 7.92. The maximum Gasteiger partial charge on any atom is 0.237 e. The Morgan fingerprint density at radius 3 is 3.00 bits per heavy atom. The molecule has 5 heteroatoms. The zero-order chi connectivity index (χ0) is 12.6. The number of carbonyl (C=O) groups is 1. The molecule has 17 heavy (non-hydrogen) atoms. The number of aryl methyl sites for hydroxylation is 1. The minimum atomic E-state index is -0.685. The predicted octanol–water partition coefficient (Wildman–Crippen LogP) is 0.651. The molecule has 1 aromatic heterocycles. The summed E-state index contributed by atoms with van der Waals surface area (Å²) < 4.78 is 1.92. The first-order valence-electron chi connectivity index (χ1n) is 6.00. The summed E-state index contributed by atoms with van der Waals surface area (Å²) in [7, 11) is 1.96. The van der Waals surface area contributed by atoms with Crippen LogP contribution < -0.4 is 11.1 Å². The summed E-state index contributed by atoms with van der Waals surface area (Å²) in [6, 6.07) is 0.176. The molecule has 1 amide bonds. The molecule has 1 aliphatic rings. The van der Waals surface area contributed by atoms with Crippen molar-refractivity contribution in [2.45, 2.75) is 44.7 Å². The van der Waals surface area contributed by atoms with Crippen LogP contribution in [0.15, 0.2) is 6.20 Å². The standard InChI is InChI=1S/C12H20N4O/c1-12(2,11(13)17)15-9-5-4-6-10-8(9)7-14-16(10)3/h7,9,15H,4-6H2,1-3H3,(H2,13,17). The number of hydrogen-bond donors (Lipinski definition) is 2. The van der Waals surface area contributed by atoms with E-state index in [4.69, 9.17) is 5.73 Å². The summed E-state index contributed by atoms with van der Waals surface area (Å²) in [4.78, 5) is 11.4. The fourth-order valence-corrected chi connectivity index (χ4v) is 2.36. The zero-order valence-corrected chi connectivity index (χ0v) is 10.7. The van der Waals surface area contributed by atoms with E-state index in [9.17, 15) is 4.79 Å². The highest BCUT2D eigenvalue weighted by molar-refractivity contribution is 5.83. The highest BCUT2D eigenvalue weighted by atomic mass is 16.1. The highest BCUT2D eigenvalue weighted by Gasteiger charge is 2.31. The molecule has 0 aliphatic heterocycles. The predicted molar refractivity (Wildman–Crippen MR) is 65.3 cm³/mol. The van der Waals surface area contributed by atoms with Crippen molar-refractivity contribution in [3.63, 3.8) is 0 Å². The van der Waals surface area contributed by atoms with E-state index in [2.05, 4.69) is 10.4 Å². The van der Waals surface area contributed by atoms with E-state index in [0.29, 0.717) is 0 Å². The summed E-state index contributed by atoms with van der Waals surface area (Å²) >= 11 is 0. The molecule has 1 heterocycles. The summed E-state index contributed by atoms with van der Waals surface area (Å²) in [5, 5.41) is 7.62. The van der Waals surface area contributed by atoms with E-state index < -0.39 is 5.54 Å². The van der Waals surface area contributed by atoms with Crippen molar-refractivity contribution in [3.05, 3.63) is 17.5 Å². The van der Waals surface area contributed by atoms with Crippen molar-refractivity contribution < 1.29 is 4.79 Å². The molecule has 0 saturated carbocycles. The second-order valence-corrected chi connectivity index (χ2v) is 5.25. The molecule has 0 radical (unpaired) electrons. The van der Waals surface area contributed by atoms with Gasteiger partial charge in [-0.25, -0.2) is 0 Å². The second-order valence-electron chi connectivity index (χ2n) is 5.25. The van der Waals surface area contributed by atoms with Gasteiger partial charge in [0.25, 0.3) is 0 Å². The third-order valence-electron chi connectivity index (χ3n) is 3.53. The average molecular weight is 236 g/mol. The number of hydrogen-bond acceptors (Lipinski definition) is 3. The van der Waals surface area contributed by atoms with E-state index in [-0.39, 0.29) is 11.9 Å². The number of nitrogens with zero attached hydrogens (tertiary/aromatic N) is 2. The van der Waals surface area contributed by atoms with Gasteiger partial charge in [0.05, 0.1) is 11.7 Å². The van der Waals surface area contributed by atoms with Crippen molar-refractivity contribution >= 4 is 5.91 Å². The molecule has 2 rings (SSSR count). The number of nitrogens with two attached hydrogens (primary N) is 1. The average Bonchev–Trinajstić information content (AvgIpc) is 2.61. The second kappa shape index (κ2) is 4.14. The molecule has 1 atom stereocenters. The van der Waals surface area contributed by atoms with E-state index >= 15 is 0 Å². The summed E-state index contributed by atoms with van der Waals surface area (Å²) in [5.74, 6) is -0.325. The van der Waals surface area contributed by atoms with E-state index in [1.807, 2.05) is 31.8 Å². The lowest BCUT2D eigenvalue weighted by atomic mass is 9.90. The van der Waals surface area contributed by atoms with Crippen LogP contribution in [0.3, 0.4) is 0 Å². The fraction of sp³-hybridized carbons (Fsp3) is 0.667. The van der Waals surface area contributed by atoms with Gasteiger partial charge in [-0.05, 0) is 33.1 Å². The maximum absolute atomic E-state index is 11.4. The van der Waals surface area contributed by atoms with Gasteiger partial charge in [-0.15, -0.1) is 0 Å². The SMILES string of the molecule is Cn1ncc2c1CCCC2NC(C)(C)C(N)=O. The summed E-state index contributed by atoms with van der Waals surface area (Å²) in [6.45, 7) is 3.64. The third-order valence-corrected chi connectivity index (χ3v) is 3.53. The molecule has 0 aromatic carbocycles. The largest absolute Gasteiger partial charge is 0.368 e. The molecule has 1 aliphatic carbocycles. The molecule has 0 fully saturated rings. The molecule has 94 valence electrons. The quantitative estimate of drug-likeness (QED) is 0.809. The number of aromatic nitrogens is 2. The van der Waals surface area contributed by atoms with Gasteiger partial charge in [0.2, 0.25) is 5.91 Å². The Kier molecular flexibility index (Phi) is 2.95. The summed E-state index contributed by atoms with van der Waals surface area (Å²) in [5.41, 5.74) is 7.17. The molecule has 0 bridgehead atoms. The van der Waals surface area contributed by atoms with Crippen LogP contribution in [0.4, 0.5) is 0 Å². The van der Waals surface area contributed by atoms with Crippen molar-refractivity contribution in [1.82, 2.24) is 15.1 Å². The van der Waals surface area contributed by atoms with Gasteiger partial charge in [-0.3, -0.25) is 14.8 Å². The van der Waals surface area contributed by atoms with Crippen molar-refractivity contribution in [2.75, 3.05) is 0 Å².